The van der Waals surface area contributed by atoms with Crippen molar-refractivity contribution in [3.05, 3.63) is 76.3 Å². The highest BCUT2D eigenvalue weighted by atomic mass is 79.9. The van der Waals surface area contributed by atoms with Crippen molar-refractivity contribution < 1.29 is 4.79 Å². The fraction of sp³-hybridized carbons (Fsp3) is 0.211. The zero-order valence-electron chi connectivity index (χ0n) is 12.6. The molecule has 0 aliphatic rings. The average Bonchev–Trinajstić information content (AvgIpc) is 2.54. The van der Waals surface area contributed by atoms with Gasteiger partial charge < -0.3 is 5.32 Å². The molecule has 2 aromatic rings. The number of nitrogens with one attached hydrogen (secondary N) is 1. The Bertz CT molecular complexity index is 620. The number of allylic oxidation sites excluding steroid dienone is 1. The van der Waals surface area contributed by atoms with E-state index in [1.165, 1.54) is 0 Å². The molecule has 0 saturated heterocycles. The zero-order valence-corrected chi connectivity index (χ0v) is 14.2. The summed E-state index contributed by atoms with van der Waals surface area (Å²) in [6, 6.07) is 18.1. The second-order valence-corrected chi connectivity index (χ2v) is 6.11. The van der Waals surface area contributed by atoms with Gasteiger partial charge >= 0.3 is 0 Å². The van der Waals surface area contributed by atoms with Crippen LogP contribution in [0.25, 0.3) is 6.08 Å². The van der Waals surface area contributed by atoms with Crippen molar-refractivity contribution in [1.29, 1.82) is 0 Å². The summed E-state index contributed by atoms with van der Waals surface area (Å²) in [5, 5.41) is 3.02. The topological polar surface area (TPSA) is 29.1 Å². The first-order valence-electron chi connectivity index (χ1n) is 7.41. The molecule has 0 fully saturated rings. The van der Waals surface area contributed by atoms with Crippen molar-refractivity contribution in [2.45, 2.75) is 25.8 Å². The third-order valence-corrected chi connectivity index (χ3v) is 3.92. The fourth-order valence-corrected chi connectivity index (χ4v) is 2.41. The molecule has 2 nitrogen and oxygen atoms in total. The molecule has 0 spiro atoms. The molecule has 0 aliphatic heterocycles. The second kappa shape index (κ2) is 8.54. The van der Waals surface area contributed by atoms with Crippen LogP contribution < -0.4 is 5.32 Å². The first kappa shape index (κ1) is 16.5. The monoisotopic (exact) mass is 357 g/mol. The number of benzene rings is 2. The van der Waals surface area contributed by atoms with E-state index >= 15 is 0 Å². The van der Waals surface area contributed by atoms with E-state index in [9.17, 15) is 4.79 Å². The summed E-state index contributed by atoms with van der Waals surface area (Å²) in [6.07, 6.45) is 5.32. The van der Waals surface area contributed by atoms with E-state index in [2.05, 4.69) is 21.2 Å². The SMILES string of the molecule is CC(NC(=O)CC/C=C/c1ccc(Br)cc1)c1ccccc1. The van der Waals surface area contributed by atoms with E-state index in [-0.39, 0.29) is 11.9 Å². The van der Waals surface area contributed by atoms with E-state index < -0.39 is 0 Å². The summed E-state index contributed by atoms with van der Waals surface area (Å²) in [6.45, 7) is 2.00. The van der Waals surface area contributed by atoms with Crippen LogP contribution in [0, 0.1) is 0 Å². The van der Waals surface area contributed by atoms with Crippen LogP contribution in [0.3, 0.4) is 0 Å². The molecule has 1 amide bonds. The molecule has 1 atom stereocenters. The lowest BCUT2D eigenvalue weighted by Crippen LogP contribution is -2.26. The molecule has 114 valence electrons. The third-order valence-electron chi connectivity index (χ3n) is 3.40. The lowest BCUT2D eigenvalue weighted by molar-refractivity contribution is -0.121. The normalized spacial score (nSPS) is 12.3. The van der Waals surface area contributed by atoms with Crippen LogP contribution in [-0.2, 0) is 4.79 Å². The van der Waals surface area contributed by atoms with E-state index in [1.807, 2.05) is 73.7 Å². The molecule has 3 heteroatoms. The fourth-order valence-electron chi connectivity index (χ4n) is 2.15. The smallest absolute Gasteiger partial charge is 0.220 e. The third kappa shape index (κ3) is 5.49. The van der Waals surface area contributed by atoms with Gasteiger partial charge in [-0.25, -0.2) is 0 Å². The molecule has 1 unspecified atom stereocenters. The first-order valence-corrected chi connectivity index (χ1v) is 8.21. The number of halogens is 1. The Morgan fingerprint density at radius 3 is 2.50 bits per heavy atom. The van der Waals surface area contributed by atoms with Crippen molar-refractivity contribution in [2.75, 3.05) is 0 Å². The Morgan fingerprint density at radius 2 is 1.82 bits per heavy atom. The Hall–Kier alpha value is -1.87. The predicted molar refractivity (Wildman–Crippen MR) is 95.4 cm³/mol. The number of hydrogen-bond acceptors (Lipinski definition) is 1. The second-order valence-electron chi connectivity index (χ2n) is 5.19. The van der Waals surface area contributed by atoms with Crippen LogP contribution in [0.1, 0.15) is 36.9 Å². The Morgan fingerprint density at radius 1 is 1.14 bits per heavy atom. The van der Waals surface area contributed by atoms with Gasteiger partial charge in [-0.15, -0.1) is 0 Å². The van der Waals surface area contributed by atoms with Crippen molar-refractivity contribution in [3.63, 3.8) is 0 Å². The van der Waals surface area contributed by atoms with Gasteiger partial charge in [-0.3, -0.25) is 4.79 Å². The summed E-state index contributed by atoms with van der Waals surface area (Å²) >= 11 is 3.41. The standard InChI is InChI=1S/C19H20BrNO/c1-15(17-8-3-2-4-9-17)21-19(22)10-6-5-7-16-11-13-18(20)14-12-16/h2-5,7-9,11-15H,6,10H2,1H3,(H,21,22)/b7-5+. The summed E-state index contributed by atoms with van der Waals surface area (Å²) in [4.78, 5) is 11.9. The van der Waals surface area contributed by atoms with Crippen molar-refractivity contribution in [1.82, 2.24) is 5.32 Å². The van der Waals surface area contributed by atoms with Gasteiger partial charge in [-0.2, -0.15) is 0 Å². The Labute approximate surface area is 140 Å². The molecule has 0 radical (unpaired) electrons. The quantitative estimate of drug-likeness (QED) is 0.763. The highest BCUT2D eigenvalue weighted by Gasteiger charge is 2.07. The molecule has 0 aliphatic carbocycles. The van der Waals surface area contributed by atoms with Gasteiger partial charge in [-0.05, 0) is 36.6 Å². The minimum Gasteiger partial charge on any atom is -0.350 e. The van der Waals surface area contributed by atoms with Gasteiger partial charge in [0.1, 0.15) is 0 Å². The summed E-state index contributed by atoms with van der Waals surface area (Å²) in [5.41, 5.74) is 2.27. The van der Waals surface area contributed by atoms with Crippen molar-refractivity contribution >= 4 is 27.9 Å². The van der Waals surface area contributed by atoms with E-state index in [4.69, 9.17) is 0 Å². The van der Waals surface area contributed by atoms with Gasteiger partial charge in [0, 0.05) is 10.9 Å². The highest BCUT2D eigenvalue weighted by molar-refractivity contribution is 9.10. The molecular formula is C19H20BrNO. The molecule has 22 heavy (non-hydrogen) atoms. The van der Waals surface area contributed by atoms with Crippen LogP contribution >= 0.6 is 15.9 Å². The molecule has 2 rings (SSSR count). The zero-order chi connectivity index (χ0) is 15.8. The molecule has 0 saturated carbocycles. The largest absolute Gasteiger partial charge is 0.350 e. The first-order chi connectivity index (χ1) is 10.6. The van der Waals surface area contributed by atoms with E-state index in [0.29, 0.717) is 6.42 Å². The number of carbonyl (C=O) groups is 1. The predicted octanol–water partition coefficient (Wildman–Crippen LogP) is 5.12. The van der Waals surface area contributed by atoms with Crippen molar-refractivity contribution in [2.24, 2.45) is 0 Å². The summed E-state index contributed by atoms with van der Waals surface area (Å²) < 4.78 is 1.07. The minimum atomic E-state index is 0.0455. The van der Waals surface area contributed by atoms with Gasteiger partial charge in [0.2, 0.25) is 5.91 Å². The van der Waals surface area contributed by atoms with Crippen LogP contribution in [0.4, 0.5) is 0 Å². The summed E-state index contributed by atoms with van der Waals surface area (Å²) in [5.74, 6) is 0.0804. The highest BCUT2D eigenvalue weighted by Crippen LogP contribution is 2.13. The van der Waals surface area contributed by atoms with Crippen LogP contribution in [-0.4, -0.2) is 5.91 Å². The maximum Gasteiger partial charge on any atom is 0.220 e. The Kier molecular flexibility index (Phi) is 6.41. The van der Waals surface area contributed by atoms with E-state index in [0.717, 1.165) is 22.0 Å². The molecule has 0 bridgehead atoms. The van der Waals surface area contributed by atoms with Gasteiger partial charge in [-0.1, -0.05) is 70.5 Å². The Balaban J connectivity index is 1.75. The van der Waals surface area contributed by atoms with Gasteiger partial charge in [0.05, 0.1) is 6.04 Å². The lowest BCUT2D eigenvalue weighted by Gasteiger charge is -2.13. The van der Waals surface area contributed by atoms with Crippen molar-refractivity contribution in [3.8, 4) is 0 Å². The minimum absolute atomic E-state index is 0.0455. The molecule has 2 aromatic carbocycles. The molecule has 0 aromatic heterocycles. The maximum atomic E-state index is 11.9. The summed E-state index contributed by atoms with van der Waals surface area (Å²) in [7, 11) is 0. The molecular weight excluding hydrogens is 338 g/mol. The lowest BCUT2D eigenvalue weighted by atomic mass is 10.1. The van der Waals surface area contributed by atoms with Gasteiger partial charge in [0.25, 0.3) is 0 Å². The number of amides is 1. The number of carbonyl (C=O) groups excluding carboxylic acids is 1. The number of rotatable bonds is 6. The number of hydrogen-bond donors (Lipinski definition) is 1. The molecule has 0 heterocycles. The maximum absolute atomic E-state index is 11.9. The average molecular weight is 358 g/mol. The van der Waals surface area contributed by atoms with Gasteiger partial charge in [0.15, 0.2) is 0 Å². The van der Waals surface area contributed by atoms with Crippen LogP contribution in [0.5, 0.6) is 0 Å². The van der Waals surface area contributed by atoms with Crippen LogP contribution in [0.15, 0.2) is 65.1 Å². The van der Waals surface area contributed by atoms with E-state index in [1.54, 1.807) is 0 Å². The molecule has 1 N–H and O–H groups in total. The van der Waals surface area contributed by atoms with Crippen LogP contribution in [0.2, 0.25) is 0 Å².